The van der Waals surface area contributed by atoms with E-state index in [0.29, 0.717) is 12.3 Å². The molecule has 34 heavy (non-hydrogen) atoms. The van der Waals surface area contributed by atoms with E-state index in [0.717, 1.165) is 5.30 Å². The summed E-state index contributed by atoms with van der Waals surface area (Å²) in [5.74, 6) is 0. The Labute approximate surface area is 209 Å². The van der Waals surface area contributed by atoms with E-state index in [1.807, 2.05) is 40.9 Å². The number of hydrogen-bond acceptors (Lipinski definition) is 3. The van der Waals surface area contributed by atoms with Crippen molar-refractivity contribution in [2.24, 2.45) is 0 Å². The minimum Gasteiger partial charge on any atom is -0.318 e. The summed E-state index contributed by atoms with van der Waals surface area (Å²) < 4.78 is 17.2. The van der Waals surface area contributed by atoms with E-state index in [-0.39, 0.29) is 0 Å². The molecule has 4 heteroatoms. The maximum Gasteiger partial charge on any atom is 0.124 e. The maximum absolute atomic E-state index is 14.6. The number of aryl methyl sites for hydroxylation is 4. The van der Waals surface area contributed by atoms with Crippen LogP contribution in [0, 0.1) is 27.7 Å². The summed E-state index contributed by atoms with van der Waals surface area (Å²) >= 11 is 3.72. The average molecular weight is 499 g/mol. The molecule has 0 saturated carbocycles. The Bertz CT molecular complexity index is 1560. The molecule has 0 radical (unpaired) electrons. The number of fused-ring (bicyclic) bond motifs is 2. The molecule has 5 aromatic rings. The fourth-order valence-corrected chi connectivity index (χ4v) is 10.6. The van der Waals surface area contributed by atoms with Crippen molar-refractivity contribution in [2.45, 2.75) is 27.7 Å². The molecule has 1 aliphatic rings. The minimum absolute atomic E-state index is 0.634. The lowest BCUT2D eigenvalue weighted by atomic mass is 9.93. The molecule has 0 atom stereocenters. The van der Waals surface area contributed by atoms with E-state index in [1.165, 1.54) is 63.3 Å². The first-order valence-corrected chi connectivity index (χ1v) is 15.4. The Morgan fingerprint density at radius 2 is 1.12 bits per heavy atom. The summed E-state index contributed by atoms with van der Waals surface area (Å²) in [4.78, 5) is 2.64. The van der Waals surface area contributed by atoms with Crippen LogP contribution in [0.15, 0.2) is 66.7 Å². The first kappa shape index (κ1) is 22.0. The number of allylic oxidation sites excluding steroid dienone is 2. The number of hydrogen-bond donors (Lipinski definition) is 0. The molecule has 0 spiro atoms. The van der Waals surface area contributed by atoms with Gasteiger partial charge in [-0.05, 0) is 74.2 Å². The van der Waals surface area contributed by atoms with Crippen molar-refractivity contribution < 1.29 is 4.57 Å². The van der Waals surface area contributed by atoms with E-state index in [1.54, 1.807) is 0 Å². The SMILES string of the molecule is Cc1ccc2sc(C)c(C3=C(c4c(C)sc5ccc(C)cc45)CP(=O)(c4ccccc4)C3)c2c1. The van der Waals surface area contributed by atoms with Crippen LogP contribution in [0.25, 0.3) is 31.3 Å². The molecule has 0 unspecified atom stereocenters. The minimum atomic E-state index is -2.60. The summed E-state index contributed by atoms with van der Waals surface area (Å²) in [5, 5.41) is 3.62. The highest BCUT2D eigenvalue weighted by Crippen LogP contribution is 2.60. The first-order chi connectivity index (χ1) is 16.3. The Morgan fingerprint density at radius 3 is 1.59 bits per heavy atom. The van der Waals surface area contributed by atoms with E-state index in [2.05, 4.69) is 76.2 Å². The van der Waals surface area contributed by atoms with Gasteiger partial charge < -0.3 is 4.57 Å². The Balaban J connectivity index is 1.67. The fourth-order valence-electron chi connectivity index (χ4n) is 5.52. The predicted molar refractivity (Wildman–Crippen MR) is 153 cm³/mol. The van der Waals surface area contributed by atoms with Gasteiger partial charge in [0.2, 0.25) is 0 Å². The summed E-state index contributed by atoms with van der Waals surface area (Å²) in [6.07, 6.45) is 1.27. The van der Waals surface area contributed by atoms with Gasteiger partial charge in [-0.1, -0.05) is 53.6 Å². The van der Waals surface area contributed by atoms with Crippen LogP contribution in [-0.4, -0.2) is 12.3 Å². The van der Waals surface area contributed by atoms with Crippen molar-refractivity contribution in [3.8, 4) is 0 Å². The number of rotatable bonds is 3. The lowest BCUT2D eigenvalue weighted by Crippen LogP contribution is -2.06. The smallest absolute Gasteiger partial charge is 0.124 e. The fraction of sp³-hybridized carbons (Fsp3) is 0.200. The second-order valence-corrected chi connectivity index (χ2v) is 15.0. The van der Waals surface area contributed by atoms with Crippen molar-refractivity contribution in [1.29, 1.82) is 0 Å². The summed E-state index contributed by atoms with van der Waals surface area (Å²) in [6, 6.07) is 23.7. The molecule has 0 amide bonds. The summed E-state index contributed by atoms with van der Waals surface area (Å²) in [7, 11) is -2.60. The van der Waals surface area contributed by atoms with Crippen LogP contribution in [0.2, 0.25) is 0 Å². The highest BCUT2D eigenvalue weighted by atomic mass is 32.1. The molecule has 2 aromatic heterocycles. The van der Waals surface area contributed by atoms with Crippen LogP contribution in [-0.2, 0) is 4.57 Å². The topological polar surface area (TPSA) is 17.1 Å². The van der Waals surface area contributed by atoms with Gasteiger partial charge in [0.05, 0.1) is 0 Å². The standard InChI is InChI=1S/C30H27OPS2/c1-18-10-12-27-23(14-18)29(20(3)33-27)25-16-32(31,22-8-6-5-7-9-22)17-26(25)30-21(4)34-28-13-11-19(2)15-24(28)30/h5-15H,16-17H2,1-4H3. The van der Waals surface area contributed by atoms with Gasteiger partial charge in [-0.15, -0.1) is 22.7 Å². The van der Waals surface area contributed by atoms with Crippen molar-refractivity contribution in [3.05, 3.63) is 98.7 Å². The highest BCUT2D eigenvalue weighted by Gasteiger charge is 2.38. The molecule has 0 N–H and O–H groups in total. The van der Waals surface area contributed by atoms with Gasteiger partial charge in [0.1, 0.15) is 7.14 Å². The molecule has 0 fully saturated rings. The van der Waals surface area contributed by atoms with Gasteiger partial charge in [-0.25, -0.2) is 0 Å². The van der Waals surface area contributed by atoms with Gasteiger partial charge in [0, 0.05) is 47.6 Å². The molecular weight excluding hydrogens is 471 g/mol. The molecule has 1 aliphatic heterocycles. The molecule has 1 nitrogen and oxygen atoms in total. The van der Waals surface area contributed by atoms with Crippen LogP contribution in [0.3, 0.4) is 0 Å². The third-order valence-corrected chi connectivity index (χ3v) is 12.1. The summed E-state index contributed by atoms with van der Waals surface area (Å²) in [5.41, 5.74) is 7.77. The van der Waals surface area contributed by atoms with Gasteiger partial charge in [-0.3, -0.25) is 0 Å². The second-order valence-electron chi connectivity index (χ2n) is 9.56. The lowest BCUT2D eigenvalue weighted by molar-refractivity contribution is 0.586. The largest absolute Gasteiger partial charge is 0.318 e. The highest BCUT2D eigenvalue weighted by molar-refractivity contribution is 7.73. The van der Waals surface area contributed by atoms with Crippen molar-refractivity contribution >= 4 is 66.4 Å². The molecule has 170 valence electrons. The Kier molecular flexibility index (Phi) is 5.22. The average Bonchev–Trinajstić information content (AvgIpc) is 3.43. The van der Waals surface area contributed by atoms with E-state index in [4.69, 9.17) is 0 Å². The quantitative estimate of drug-likeness (QED) is 0.227. The van der Waals surface area contributed by atoms with Gasteiger partial charge in [0.25, 0.3) is 0 Å². The second kappa shape index (κ2) is 8.05. The zero-order valence-corrected chi connectivity index (χ0v) is 22.5. The van der Waals surface area contributed by atoms with Gasteiger partial charge >= 0.3 is 0 Å². The van der Waals surface area contributed by atoms with Gasteiger partial charge in [0.15, 0.2) is 0 Å². The van der Waals surface area contributed by atoms with Crippen LogP contribution in [0.5, 0.6) is 0 Å². The molecule has 0 aliphatic carbocycles. The number of benzene rings is 3. The van der Waals surface area contributed by atoms with Crippen LogP contribution in [0.4, 0.5) is 0 Å². The van der Waals surface area contributed by atoms with Crippen molar-refractivity contribution in [3.63, 3.8) is 0 Å². The number of thiophene rings is 2. The molecule has 3 aromatic carbocycles. The Morgan fingerprint density at radius 1 is 0.647 bits per heavy atom. The predicted octanol–water partition coefficient (Wildman–Crippen LogP) is 8.96. The zero-order valence-electron chi connectivity index (χ0n) is 19.9. The van der Waals surface area contributed by atoms with Crippen LogP contribution >= 0.6 is 29.8 Å². The molecule has 6 rings (SSSR count). The van der Waals surface area contributed by atoms with Gasteiger partial charge in [-0.2, -0.15) is 0 Å². The molecule has 3 heterocycles. The van der Waals surface area contributed by atoms with E-state index >= 15 is 0 Å². The maximum atomic E-state index is 14.6. The van der Waals surface area contributed by atoms with Crippen LogP contribution < -0.4 is 5.30 Å². The van der Waals surface area contributed by atoms with Crippen LogP contribution in [0.1, 0.15) is 32.0 Å². The molecular formula is C30H27OPS2. The zero-order chi connectivity index (χ0) is 23.6. The first-order valence-electron chi connectivity index (χ1n) is 11.7. The molecule has 0 saturated heterocycles. The Hall–Kier alpha value is -2.45. The van der Waals surface area contributed by atoms with E-state index in [9.17, 15) is 4.57 Å². The lowest BCUT2D eigenvalue weighted by Gasteiger charge is -2.13. The normalized spacial score (nSPS) is 15.6. The monoisotopic (exact) mass is 498 g/mol. The third-order valence-electron chi connectivity index (χ3n) is 7.06. The third kappa shape index (κ3) is 3.45. The van der Waals surface area contributed by atoms with E-state index < -0.39 is 7.14 Å². The summed E-state index contributed by atoms with van der Waals surface area (Å²) in [6.45, 7) is 8.78. The van der Waals surface area contributed by atoms with Crippen molar-refractivity contribution in [1.82, 2.24) is 0 Å². The molecule has 0 bridgehead atoms. The van der Waals surface area contributed by atoms with Crippen molar-refractivity contribution in [2.75, 3.05) is 12.3 Å².